The minimum Gasteiger partial charge on any atom is -0.223 e. The Kier molecular flexibility index (Phi) is 2.93. The molecule has 0 atom stereocenters. The zero-order valence-electron chi connectivity index (χ0n) is 8.55. The molecule has 0 heterocycles. The highest BCUT2D eigenvalue weighted by Gasteiger charge is 2.14. The van der Waals surface area contributed by atoms with E-state index in [0.717, 1.165) is 5.56 Å². The Balaban J connectivity index is 2.29. The first-order chi connectivity index (χ1) is 7.68. The third-order valence-electron chi connectivity index (χ3n) is 2.19. The van der Waals surface area contributed by atoms with Gasteiger partial charge in [0.15, 0.2) is 9.84 Å². The lowest BCUT2D eigenvalue weighted by Gasteiger charge is -2.02. The third-order valence-corrected chi connectivity index (χ3v) is 3.87. The molecule has 2 rings (SSSR count). The van der Waals surface area contributed by atoms with Gasteiger partial charge in [0.1, 0.15) is 0 Å². The fourth-order valence-electron chi connectivity index (χ4n) is 1.40. The first-order valence-corrected chi connectivity index (χ1v) is 6.48. The second-order valence-electron chi connectivity index (χ2n) is 3.41. The second-order valence-corrected chi connectivity index (χ2v) is 5.40. The molecule has 0 aromatic heterocycles. The van der Waals surface area contributed by atoms with Crippen LogP contribution in [0.2, 0.25) is 0 Å². The molecule has 0 spiro atoms. The van der Waals surface area contributed by atoms with Gasteiger partial charge in [-0.2, -0.15) is 0 Å². The monoisotopic (exact) mass is 230 g/mol. The first kappa shape index (κ1) is 10.7. The van der Waals surface area contributed by atoms with Crippen molar-refractivity contribution in [1.29, 1.82) is 0 Å². The summed E-state index contributed by atoms with van der Waals surface area (Å²) < 4.78 is 23.9. The van der Waals surface area contributed by atoms with E-state index >= 15 is 0 Å². The van der Waals surface area contributed by atoms with E-state index in [1.165, 1.54) is 12.1 Å². The fraction of sp³-hybridized carbons (Fsp3) is 0.0769. The summed E-state index contributed by atoms with van der Waals surface area (Å²) in [5.74, 6) is 0.0195. The van der Waals surface area contributed by atoms with Crippen molar-refractivity contribution >= 4 is 9.84 Å². The summed E-state index contributed by atoms with van der Waals surface area (Å²) in [6, 6.07) is 19.0. The number of sulfone groups is 1. The number of benzene rings is 1. The molecule has 0 fully saturated rings. The van der Waals surface area contributed by atoms with E-state index in [4.69, 9.17) is 0 Å². The van der Waals surface area contributed by atoms with Gasteiger partial charge in [-0.1, -0.05) is 42.5 Å². The zero-order chi connectivity index (χ0) is 11.4. The molecule has 16 heavy (non-hydrogen) atoms. The van der Waals surface area contributed by atoms with E-state index in [0.29, 0.717) is 0 Å². The maximum Gasteiger partial charge on any atom is 0.183 e. The average Bonchev–Trinajstić information content (AvgIpc) is 2.31. The van der Waals surface area contributed by atoms with Crippen LogP contribution in [0.25, 0.3) is 0 Å². The Labute approximate surface area is 95.5 Å². The molecular formula is C13H10O2S. The number of rotatable bonds is 3. The van der Waals surface area contributed by atoms with Crippen LogP contribution in [0.5, 0.6) is 0 Å². The number of hydrogen-bond acceptors (Lipinski definition) is 2. The van der Waals surface area contributed by atoms with Gasteiger partial charge in [0.25, 0.3) is 0 Å². The highest BCUT2D eigenvalue weighted by atomic mass is 32.2. The highest BCUT2D eigenvalue weighted by molar-refractivity contribution is 7.90. The Hall–Kier alpha value is -1.79. The lowest BCUT2D eigenvalue weighted by atomic mass is 10.2. The van der Waals surface area contributed by atoms with Gasteiger partial charge in [0, 0.05) is 6.07 Å². The van der Waals surface area contributed by atoms with Crippen LogP contribution in [0.3, 0.4) is 0 Å². The van der Waals surface area contributed by atoms with E-state index < -0.39 is 9.84 Å². The van der Waals surface area contributed by atoms with Gasteiger partial charge >= 0.3 is 0 Å². The van der Waals surface area contributed by atoms with Crippen molar-refractivity contribution in [2.24, 2.45) is 0 Å². The van der Waals surface area contributed by atoms with Crippen molar-refractivity contribution in [3.05, 3.63) is 66.2 Å². The molecule has 2 nitrogen and oxygen atoms in total. The molecule has 0 radical (unpaired) electrons. The average molecular weight is 230 g/mol. The van der Waals surface area contributed by atoms with Gasteiger partial charge < -0.3 is 0 Å². The Bertz CT molecular complexity index is 545. The van der Waals surface area contributed by atoms with Crippen LogP contribution >= 0.6 is 0 Å². The van der Waals surface area contributed by atoms with Crippen molar-refractivity contribution in [1.82, 2.24) is 0 Å². The van der Waals surface area contributed by atoms with E-state index in [1.807, 2.05) is 18.2 Å². The van der Waals surface area contributed by atoms with Crippen LogP contribution in [-0.4, -0.2) is 8.42 Å². The Morgan fingerprint density at radius 2 is 1.75 bits per heavy atom. The lowest BCUT2D eigenvalue weighted by molar-refractivity contribution is 0.595. The predicted octanol–water partition coefficient (Wildman–Crippen LogP) is 2.26. The molecule has 0 amide bonds. The molecule has 0 bridgehead atoms. The summed E-state index contributed by atoms with van der Waals surface area (Å²) >= 11 is 0. The summed E-state index contributed by atoms with van der Waals surface area (Å²) in [7, 11) is -3.26. The molecule has 0 saturated heterocycles. The molecule has 0 saturated carbocycles. The van der Waals surface area contributed by atoms with Gasteiger partial charge in [-0.15, -0.1) is 0 Å². The fourth-order valence-corrected chi connectivity index (χ4v) is 2.72. The van der Waals surface area contributed by atoms with Crippen molar-refractivity contribution < 1.29 is 8.42 Å². The highest BCUT2D eigenvalue weighted by Crippen LogP contribution is 2.14. The minimum absolute atomic E-state index is 0.0195. The molecule has 0 unspecified atom stereocenters. The summed E-state index contributed by atoms with van der Waals surface area (Å²) in [6.07, 6.45) is 0. The molecular weight excluding hydrogens is 220 g/mol. The van der Waals surface area contributed by atoms with E-state index in [1.54, 1.807) is 18.2 Å². The smallest absolute Gasteiger partial charge is 0.183 e. The van der Waals surface area contributed by atoms with Gasteiger partial charge in [0.2, 0.25) is 0 Å². The Morgan fingerprint density at radius 3 is 2.38 bits per heavy atom. The number of hydrogen-bond donors (Lipinski definition) is 0. The Morgan fingerprint density at radius 1 is 1.00 bits per heavy atom. The van der Waals surface area contributed by atoms with E-state index in [9.17, 15) is 8.42 Å². The second kappa shape index (κ2) is 4.38. The van der Waals surface area contributed by atoms with Crippen LogP contribution in [0.4, 0.5) is 0 Å². The van der Waals surface area contributed by atoms with Crippen molar-refractivity contribution in [2.45, 2.75) is 10.6 Å². The summed E-state index contributed by atoms with van der Waals surface area (Å²) in [6.45, 7) is 0. The molecule has 2 aromatic rings. The summed E-state index contributed by atoms with van der Waals surface area (Å²) in [5, 5.41) is 0. The van der Waals surface area contributed by atoms with E-state index in [-0.39, 0.29) is 10.6 Å². The maximum atomic E-state index is 12.0. The predicted molar refractivity (Wildman–Crippen MR) is 61.4 cm³/mol. The summed E-state index contributed by atoms with van der Waals surface area (Å²) in [5.41, 5.74) is 0.787. The maximum absolute atomic E-state index is 12.0. The van der Waals surface area contributed by atoms with Gasteiger partial charge in [-0.25, -0.2) is 8.42 Å². The van der Waals surface area contributed by atoms with Gasteiger partial charge in [-0.05, 0) is 17.7 Å². The lowest BCUT2D eigenvalue weighted by Crippen LogP contribution is -2.04. The standard InChI is InChI=1S/C13H10O2S/c14-16(15,13-9-5-2-6-10-13)11-12-7-3-1-4-8-12/h1,3-5,7-10H,11H2. The minimum atomic E-state index is -3.26. The SMILES string of the molecule is O=S(=O)(Cc1ccccc1)c1cc#ccc1. The largest absolute Gasteiger partial charge is 0.223 e. The zero-order valence-corrected chi connectivity index (χ0v) is 9.37. The molecule has 80 valence electrons. The first-order valence-electron chi connectivity index (χ1n) is 4.83. The van der Waals surface area contributed by atoms with E-state index in [2.05, 4.69) is 12.1 Å². The molecule has 0 aliphatic heterocycles. The molecule has 0 aliphatic carbocycles. The normalized spacial score (nSPS) is 10.8. The van der Waals surface area contributed by atoms with Crippen LogP contribution in [0.15, 0.2) is 53.4 Å². The molecule has 3 heteroatoms. The summed E-state index contributed by atoms with van der Waals surface area (Å²) in [4.78, 5) is 0.287. The van der Waals surface area contributed by atoms with Crippen LogP contribution in [0.1, 0.15) is 5.56 Å². The quantitative estimate of drug-likeness (QED) is 0.810. The van der Waals surface area contributed by atoms with Crippen LogP contribution in [0, 0.1) is 12.1 Å². The van der Waals surface area contributed by atoms with Gasteiger partial charge in [0.05, 0.1) is 10.6 Å². The van der Waals surface area contributed by atoms with Crippen LogP contribution < -0.4 is 0 Å². The molecule has 0 aliphatic rings. The third kappa shape index (κ3) is 2.41. The molecule has 2 aromatic carbocycles. The molecule has 0 N–H and O–H groups in total. The van der Waals surface area contributed by atoms with Crippen molar-refractivity contribution in [2.75, 3.05) is 0 Å². The van der Waals surface area contributed by atoms with Crippen LogP contribution in [-0.2, 0) is 15.6 Å². The van der Waals surface area contributed by atoms with Crippen molar-refractivity contribution in [3.8, 4) is 0 Å². The van der Waals surface area contributed by atoms with Crippen molar-refractivity contribution in [3.63, 3.8) is 0 Å². The van der Waals surface area contributed by atoms with Gasteiger partial charge in [-0.3, -0.25) is 0 Å². The topological polar surface area (TPSA) is 34.1 Å².